The first kappa shape index (κ1) is 11.7. The Morgan fingerprint density at radius 2 is 1.89 bits per heavy atom. The number of hydrogen-bond donors (Lipinski definition) is 1. The molecule has 0 unspecified atom stereocenters. The number of aromatic nitrogens is 5. The Kier molecular flexibility index (Phi) is 3.11. The zero-order chi connectivity index (χ0) is 13.1. The van der Waals surface area contributed by atoms with Gasteiger partial charge in [-0.15, -0.1) is 0 Å². The standard InChI is InChI=1S/C12H10N6S/c13-10-15-11(18-7-6-14-8-18)17-12(16-10)19-9-4-2-1-3-5-9/h1-8H,(H2,13,15,16,17). The van der Waals surface area contributed by atoms with Gasteiger partial charge in [-0.25, -0.2) is 4.98 Å². The molecule has 0 fully saturated rings. The highest BCUT2D eigenvalue weighted by molar-refractivity contribution is 7.99. The van der Waals surface area contributed by atoms with E-state index in [2.05, 4.69) is 19.9 Å². The van der Waals surface area contributed by atoms with Crippen molar-refractivity contribution in [3.63, 3.8) is 0 Å². The number of nitrogen functional groups attached to an aromatic ring is 1. The number of imidazole rings is 1. The van der Waals surface area contributed by atoms with Crippen LogP contribution in [0.3, 0.4) is 0 Å². The summed E-state index contributed by atoms with van der Waals surface area (Å²) in [7, 11) is 0. The Morgan fingerprint density at radius 1 is 1.05 bits per heavy atom. The largest absolute Gasteiger partial charge is 0.368 e. The van der Waals surface area contributed by atoms with Crippen molar-refractivity contribution in [1.82, 2.24) is 24.5 Å². The second kappa shape index (κ2) is 5.07. The molecule has 7 heteroatoms. The third kappa shape index (κ3) is 2.71. The van der Waals surface area contributed by atoms with Gasteiger partial charge in [-0.1, -0.05) is 18.2 Å². The van der Waals surface area contributed by atoms with Crippen LogP contribution in [0.4, 0.5) is 5.95 Å². The van der Waals surface area contributed by atoms with E-state index in [9.17, 15) is 0 Å². The van der Waals surface area contributed by atoms with Crippen LogP contribution in [0, 0.1) is 0 Å². The summed E-state index contributed by atoms with van der Waals surface area (Å²) in [6.07, 6.45) is 5.03. The minimum atomic E-state index is 0.192. The summed E-state index contributed by atoms with van der Waals surface area (Å²) >= 11 is 1.44. The topological polar surface area (TPSA) is 82.5 Å². The van der Waals surface area contributed by atoms with Crippen molar-refractivity contribution in [2.75, 3.05) is 5.73 Å². The van der Waals surface area contributed by atoms with E-state index >= 15 is 0 Å². The third-order valence-electron chi connectivity index (χ3n) is 2.31. The lowest BCUT2D eigenvalue weighted by Crippen LogP contribution is -2.05. The highest BCUT2D eigenvalue weighted by atomic mass is 32.2. The van der Waals surface area contributed by atoms with Crippen molar-refractivity contribution in [3.8, 4) is 5.95 Å². The van der Waals surface area contributed by atoms with E-state index < -0.39 is 0 Å². The molecule has 1 aromatic carbocycles. The fraction of sp³-hybridized carbons (Fsp3) is 0. The number of nitrogens with zero attached hydrogens (tertiary/aromatic N) is 5. The molecule has 0 saturated carbocycles. The van der Waals surface area contributed by atoms with Crippen molar-refractivity contribution in [3.05, 3.63) is 49.1 Å². The molecule has 0 bridgehead atoms. The minimum Gasteiger partial charge on any atom is -0.368 e. The molecule has 0 amide bonds. The summed E-state index contributed by atoms with van der Waals surface area (Å²) in [4.78, 5) is 17.6. The molecule has 0 aliphatic heterocycles. The maximum Gasteiger partial charge on any atom is 0.240 e. The summed E-state index contributed by atoms with van der Waals surface area (Å²) < 4.78 is 1.69. The van der Waals surface area contributed by atoms with Crippen molar-refractivity contribution in [2.24, 2.45) is 0 Å². The van der Waals surface area contributed by atoms with Gasteiger partial charge in [-0.3, -0.25) is 4.57 Å². The Morgan fingerprint density at radius 3 is 2.63 bits per heavy atom. The Hall–Kier alpha value is -2.41. The van der Waals surface area contributed by atoms with Crippen LogP contribution in [-0.4, -0.2) is 24.5 Å². The van der Waals surface area contributed by atoms with Gasteiger partial charge in [0.25, 0.3) is 0 Å². The molecule has 94 valence electrons. The molecular weight excluding hydrogens is 260 g/mol. The van der Waals surface area contributed by atoms with Gasteiger partial charge < -0.3 is 5.73 Å². The Labute approximate surface area is 113 Å². The van der Waals surface area contributed by atoms with Gasteiger partial charge in [0.2, 0.25) is 11.9 Å². The first-order chi connectivity index (χ1) is 9.31. The molecule has 0 radical (unpaired) electrons. The summed E-state index contributed by atoms with van der Waals surface area (Å²) in [6.45, 7) is 0. The summed E-state index contributed by atoms with van der Waals surface area (Å²) in [6, 6.07) is 9.86. The number of rotatable bonds is 3. The van der Waals surface area contributed by atoms with Gasteiger partial charge in [-0.05, 0) is 23.9 Å². The van der Waals surface area contributed by atoms with Gasteiger partial charge in [0.15, 0.2) is 5.16 Å². The highest BCUT2D eigenvalue weighted by Crippen LogP contribution is 2.24. The Balaban J connectivity index is 1.94. The van der Waals surface area contributed by atoms with Gasteiger partial charge in [0, 0.05) is 17.3 Å². The lowest BCUT2D eigenvalue weighted by atomic mass is 10.4. The van der Waals surface area contributed by atoms with Crippen LogP contribution in [0.2, 0.25) is 0 Å². The fourth-order valence-corrected chi connectivity index (χ4v) is 2.26. The van der Waals surface area contributed by atoms with Crippen molar-refractivity contribution < 1.29 is 0 Å². The molecular formula is C12H10N6S. The summed E-state index contributed by atoms with van der Waals surface area (Å²) in [5.41, 5.74) is 5.71. The van der Waals surface area contributed by atoms with Gasteiger partial charge in [0.05, 0.1) is 0 Å². The average molecular weight is 270 g/mol. The lowest BCUT2D eigenvalue weighted by Gasteiger charge is -2.04. The smallest absolute Gasteiger partial charge is 0.240 e. The van der Waals surface area contributed by atoms with Crippen molar-refractivity contribution in [1.29, 1.82) is 0 Å². The van der Waals surface area contributed by atoms with E-state index in [4.69, 9.17) is 5.73 Å². The van der Waals surface area contributed by atoms with Crippen LogP contribution in [0.25, 0.3) is 5.95 Å². The molecule has 0 aliphatic rings. The summed E-state index contributed by atoms with van der Waals surface area (Å²) in [5.74, 6) is 0.653. The highest BCUT2D eigenvalue weighted by Gasteiger charge is 2.07. The number of nitrogens with two attached hydrogens (primary N) is 1. The van der Waals surface area contributed by atoms with Crippen LogP contribution in [0.1, 0.15) is 0 Å². The SMILES string of the molecule is Nc1nc(Sc2ccccc2)nc(-n2ccnc2)n1. The molecule has 0 spiro atoms. The quantitative estimate of drug-likeness (QED) is 0.781. The predicted octanol–water partition coefficient (Wildman–Crippen LogP) is 1.79. The van der Waals surface area contributed by atoms with Crippen LogP contribution < -0.4 is 5.73 Å². The normalized spacial score (nSPS) is 10.5. The van der Waals surface area contributed by atoms with E-state index in [1.807, 2.05) is 30.3 Å². The van der Waals surface area contributed by atoms with Gasteiger partial charge in [-0.2, -0.15) is 15.0 Å². The van der Waals surface area contributed by atoms with Gasteiger partial charge >= 0.3 is 0 Å². The van der Waals surface area contributed by atoms with E-state index in [0.717, 1.165) is 4.90 Å². The predicted molar refractivity (Wildman–Crippen MR) is 71.9 cm³/mol. The number of benzene rings is 1. The minimum absolute atomic E-state index is 0.192. The first-order valence-corrected chi connectivity index (χ1v) is 6.36. The molecule has 0 atom stereocenters. The second-order valence-electron chi connectivity index (χ2n) is 3.66. The first-order valence-electron chi connectivity index (χ1n) is 5.54. The summed E-state index contributed by atoms with van der Waals surface area (Å²) in [5, 5.41) is 0.558. The van der Waals surface area contributed by atoms with E-state index in [1.54, 1.807) is 23.3 Å². The molecule has 19 heavy (non-hydrogen) atoms. The molecule has 0 aliphatic carbocycles. The maximum atomic E-state index is 5.71. The monoisotopic (exact) mass is 270 g/mol. The third-order valence-corrected chi connectivity index (χ3v) is 3.18. The van der Waals surface area contributed by atoms with Crippen molar-refractivity contribution >= 4 is 17.7 Å². The second-order valence-corrected chi connectivity index (χ2v) is 4.70. The van der Waals surface area contributed by atoms with E-state index in [-0.39, 0.29) is 5.95 Å². The lowest BCUT2D eigenvalue weighted by molar-refractivity contribution is 0.832. The average Bonchev–Trinajstić information content (AvgIpc) is 2.93. The zero-order valence-corrected chi connectivity index (χ0v) is 10.7. The Bertz CT molecular complexity index is 668. The zero-order valence-electron chi connectivity index (χ0n) is 9.84. The van der Waals surface area contributed by atoms with E-state index in [0.29, 0.717) is 11.1 Å². The molecule has 3 rings (SSSR count). The van der Waals surface area contributed by atoms with Crippen LogP contribution >= 0.6 is 11.8 Å². The fourth-order valence-electron chi connectivity index (χ4n) is 1.49. The molecule has 6 nitrogen and oxygen atoms in total. The molecule has 3 aromatic rings. The maximum absolute atomic E-state index is 5.71. The number of anilines is 1. The molecule has 2 N–H and O–H groups in total. The molecule has 2 aromatic heterocycles. The molecule has 2 heterocycles. The molecule has 0 saturated heterocycles. The van der Waals surface area contributed by atoms with Crippen LogP contribution in [0.5, 0.6) is 0 Å². The van der Waals surface area contributed by atoms with Crippen LogP contribution in [-0.2, 0) is 0 Å². The van der Waals surface area contributed by atoms with Gasteiger partial charge in [0.1, 0.15) is 6.33 Å². The number of hydrogen-bond acceptors (Lipinski definition) is 6. The van der Waals surface area contributed by atoms with Crippen LogP contribution in [0.15, 0.2) is 59.1 Å². The van der Waals surface area contributed by atoms with Crippen molar-refractivity contribution in [2.45, 2.75) is 10.1 Å². The van der Waals surface area contributed by atoms with E-state index in [1.165, 1.54) is 11.8 Å².